The summed E-state index contributed by atoms with van der Waals surface area (Å²) in [7, 11) is 0. The average Bonchev–Trinajstić information content (AvgIpc) is 2.32. The molecule has 2 heterocycles. The predicted octanol–water partition coefficient (Wildman–Crippen LogP) is 1.44. The van der Waals surface area contributed by atoms with Crippen LogP contribution < -0.4 is 5.73 Å². The van der Waals surface area contributed by atoms with E-state index in [1.165, 1.54) is 0 Å². The number of nitrogens with two attached hydrogens (primary N) is 1. The van der Waals surface area contributed by atoms with Crippen LogP contribution in [0.4, 0.5) is 5.82 Å². The van der Waals surface area contributed by atoms with Gasteiger partial charge in [0.05, 0.1) is 0 Å². The SMILES string of the molecule is Cc1ccc2c(n1)N=NC2N. The predicted molar refractivity (Wildman–Crippen MR) is 40.4 cm³/mol. The van der Waals surface area contributed by atoms with Crippen LogP contribution in [0.25, 0.3) is 0 Å². The van der Waals surface area contributed by atoms with Gasteiger partial charge in [0.25, 0.3) is 0 Å². The average molecular weight is 148 g/mol. The molecule has 0 fully saturated rings. The van der Waals surface area contributed by atoms with Crippen LogP contribution in [0.15, 0.2) is 22.4 Å². The number of aryl methyl sites for hydroxylation is 1. The van der Waals surface area contributed by atoms with E-state index in [1.807, 2.05) is 19.1 Å². The summed E-state index contributed by atoms with van der Waals surface area (Å²) in [6, 6.07) is 3.83. The smallest absolute Gasteiger partial charge is 0.181 e. The lowest BCUT2D eigenvalue weighted by atomic mass is 10.2. The first kappa shape index (κ1) is 6.42. The number of fused-ring (bicyclic) bond motifs is 1. The molecule has 4 heteroatoms. The highest BCUT2D eigenvalue weighted by Gasteiger charge is 2.16. The summed E-state index contributed by atoms with van der Waals surface area (Å²) in [6.07, 6.45) is -0.307. The number of hydrogen-bond acceptors (Lipinski definition) is 4. The standard InChI is InChI=1S/C7H8N4/c1-4-2-3-5-6(8)10-11-7(5)9-4/h2-3,6H,8H2,1H3. The van der Waals surface area contributed by atoms with E-state index in [0.29, 0.717) is 5.82 Å². The van der Waals surface area contributed by atoms with Crippen molar-refractivity contribution in [3.8, 4) is 0 Å². The summed E-state index contributed by atoms with van der Waals surface area (Å²) in [4.78, 5) is 4.16. The molecule has 0 aromatic carbocycles. The molecule has 0 radical (unpaired) electrons. The zero-order valence-electron chi connectivity index (χ0n) is 6.15. The second-order valence-corrected chi connectivity index (χ2v) is 2.53. The number of azo groups is 1. The van der Waals surface area contributed by atoms with Gasteiger partial charge in [-0.25, -0.2) is 4.98 Å². The molecule has 0 amide bonds. The first-order valence-corrected chi connectivity index (χ1v) is 3.41. The fourth-order valence-corrected chi connectivity index (χ4v) is 1.04. The lowest BCUT2D eigenvalue weighted by Crippen LogP contribution is -2.03. The maximum absolute atomic E-state index is 5.60. The van der Waals surface area contributed by atoms with Crippen LogP contribution in [0.1, 0.15) is 17.4 Å². The highest BCUT2D eigenvalue weighted by atomic mass is 15.2. The number of aromatic nitrogens is 1. The van der Waals surface area contributed by atoms with E-state index >= 15 is 0 Å². The molecule has 1 aromatic rings. The third-order valence-corrected chi connectivity index (χ3v) is 1.64. The number of pyridine rings is 1. The van der Waals surface area contributed by atoms with Gasteiger partial charge in [-0.2, -0.15) is 5.11 Å². The monoisotopic (exact) mass is 148 g/mol. The van der Waals surface area contributed by atoms with Crippen molar-refractivity contribution in [1.82, 2.24) is 4.98 Å². The number of rotatable bonds is 0. The van der Waals surface area contributed by atoms with E-state index in [0.717, 1.165) is 11.3 Å². The Labute approximate surface area is 64.2 Å². The molecule has 11 heavy (non-hydrogen) atoms. The molecule has 0 bridgehead atoms. The van der Waals surface area contributed by atoms with Gasteiger partial charge in [0.15, 0.2) is 5.82 Å². The highest BCUT2D eigenvalue weighted by molar-refractivity contribution is 5.43. The Morgan fingerprint density at radius 3 is 3.09 bits per heavy atom. The van der Waals surface area contributed by atoms with Gasteiger partial charge in [0.1, 0.15) is 6.17 Å². The molecule has 1 aliphatic heterocycles. The topological polar surface area (TPSA) is 63.6 Å². The molecule has 0 saturated carbocycles. The van der Waals surface area contributed by atoms with Gasteiger partial charge in [-0.1, -0.05) is 0 Å². The lowest BCUT2D eigenvalue weighted by molar-refractivity contribution is 0.769. The van der Waals surface area contributed by atoms with Gasteiger partial charge in [-0.3, -0.25) is 0 Å². The van der Waals surface area contributed by atoms with Gasteiger partial charge in [-0.15, -0.1) is 5.11 Å². The Morgan fingerprint density at radius 1 is 1.45 bits per heavy atom. The van der Waals surface area contributed by atoms with Crippen LogP contribution in [-0.4, -0.2) is 4.98 Å². The van der Waals surface area contributed by atoms with Crippen LogP contribution in [0.5, 0.6) is 0 Å². The van der Waals surface area contributed by atoms with Crippen LogP contribution in [0, 0.1) is 6.92 Å². The molecule has 0 saturated heterocycles. The quantitative estimate of drug-likeness (QED) is 0.605. The Morgan fingerprint density at radius 2 is 2.27 bits per heavy atom. The maximum Gasteiger partial charge on any atom is 0.181 e. The molecular formula is C7H8N4. The van der Waals surface area contributed by atoms with Crippen molar-refractivity contribution < 1.29 is 0 Å². The van der Waals surface area contributed by atoms with Gasteiger partial charge >= 0.3 is 0 Å². The minimum absolute atomic E-state index is 0.307. The first-order valence-electron chi connectivity index (χ1n) is 3.41. The Balaban J connectivity index is 2.58. The molecule has 1 unspecified atom stereocenters. The first-order chi connectivity index (χ1) is 5.27. The Bertz CT molecular complexity index is 318. The van der Waals surface area contributed by atoms with E-state index in [9.17, 15) is 0 Å². The summed E-state index contributed by atoms with van der Waals surface area (Å²) in [6.45, 7) is 1.92. The Kier molecular flexibility index (Phi) is 1.22. The number of hydrogen-bond donors (Lipinski definition) is 1. The maximum atomic E-state index is 5.60. The summed E-state index contributed by atoms with van der Waals surface area (Å²) >= 11 is 0. The van der Waals surface area contributed by atoms with Crippen molar-refractivity contribution in [1.29, 1.82) is 0 Å². The summed E-state index contributed by atoms with van der Waals surface area (Å²) in [5.41, 5.74) is 7.45. The zero-order chi connectivity index (χ0) is 7.84. The molecule has 2 rings (SSSR count). The fourth-order valence-electron chi connectivity index (χ4n) is 1.04. The summed E-state index contributed by atoms with van der Waals surface area (Å²) in [5.74, 6) is 0.664. The van der Waals surface area contributed by atoms with Crippen molar-refractivity contribution in [2.24, 2.45) is 16.0 Å². The van der Waals surface area contributed by atoms with Crippen LogP contribution >= 0.6 is 0 Å². The molecule has 2 N–H and O–H groups in total. The van der Waals surface area contributed by atoms with E-state index in [1.54, 1.807) is 0 Å². The van der Waals surface area contributed by atoms with Gasteiger partial charge < -0.3 is 5.73 Å². The zero-order valence-corrected chi connectivity index (χ0v) is 6.15. The largest absolute Gasteiger partial charge is 0.304 e. The summed E-state index contributed by atoms with van der Waals surface area (Å²) in [5, 5.41) is 7.62. The van der Waals surface area contributed by atoms with Crippen LogP contribution in [0.2, 0.25) is 0 Å². The molecule has 1 aliphatic rings. The van der Waals surface area contributed by atoms with Crippen molar-refractivity contribution in [2.75, 3.05) is 0 Å². The third-order valence-electron chi connectivity index (χ3n) is 1.64. The molecule has 0 spiro atoms. The third kappa shape index (κ3) is 0.914. The van der Waals surface area contributed by atoms with Crippen molar-refractivity contribution in [3.05, 3.63) is 23.4 Å². The van der Waals surface area contributed by atoms with Crippen molar-refractivity contribution >= 4 is 5.82 Å². The van der Waals surface area contributed by atoms with E-state index in [2.05, 4.69) is 15.2 Å². The Hall–Kier alpha value is -1.29. The highest BCUT2D eigenvalue weighted by Crippen LogP contribution is 2.29. The van der Waals surface area contributed by atoms with Gasteiger partial charge in [-0.05, 0) is 19.1 Å². The molecule has 56 valence electrons. The summed E-state index contributed by atoms with van der Waals surface area (Å²) < 4.78 is 0. The van der Waals surface area contributed by atoms with E-state index in [4.69, 9.17) is 5.73 Å². The molecule has 0 aliphatic carbocycles. The second kappa shape index (κ2) is 2.10. The van der Waals surface area contributed by atoms with Crippen molar-refractivity contribution in [2.45, 2.75) is 13.1 Å². The normalized spacial score (nSPS) is 20.4. The minimum atomic E-state index is -0.307. The molecule has 1 aromatic heterocycles. The van der Waals surface area contributed by atoms with Crippen LogP contribution in [-0.2, 0) is 0 Å². The minimum Gasteiger partial charge on any atom is -0.304 e. The fraction of sp³-hybridized carbons (Fsp3) is 0.286. The molecule has 1 atom stereocenters. The van der Waals surface area contributed by atoms with E-state index in [-0.39, 0.29) is 6.17 Å². The molecular weight excluding hydrogens is 140 g/mol. The van der Waals surface area contributed by atoms with Gasteiger partial charge in [0.2, 0.25) is 0 Å². The van der Waals surface area contributed by atoms with Gasteiger partial charge in [0, 0.05) is 11.3 Å². The lowest BCUT2D eigenvalue weighted by Gasteiger charge is -1.99. The van der Waals surface area contributed by atoms with Crippen LogP contribution in [0.3, 0.4) is 0 Å². The van der Waals surface area contributed by atoms with Crippen molar-refractivity contribution in [3.63, 3.8) is 0 Å². The van der Waals surface area contributed by atoms with E-state index < -0.39 is 0 Å². The number of nitrogens with zero attached hydrogens (tertiary/aromatic N) is 3. The second-order valence-electron chi connectivity index (χ2n) is 2.53. The molecule has 4 nitrogen and oxygen atoms in total.